The molecular weight excluding hydrogens is 338 g/mol. The second-order valence-electron chi connectivity index (χ2n) is 7.29. The summed E-state index contributed by atoms with van der Waals surface area (Å²) in [4.78, 5) is 12.4. The third kappa shape index (κ3) is 4.79. The monoisotopic (exact) mass is 365 g/mol. The van der Waals surface area contributed by atoms with Crippen molar-refractivity contribution >= 4 is 17.5 Å². The van der Waals surface area contributed by atoms with Gasteiger partial charge in [0.05, 0.1) is 11.7 Å². The Morgan fingerprint density at radius 3 is 2.37 bits per heavy atom. The molecule has 0 aliphatic carbocycles. The van der Waals surface area contributed by atoms with E-state index in [1.54, 1.807) is 36.4 Å². The summed E-state index contributed by atoms with van der Waals surface area (Å²) in [5.41, 5.74) is 7.54. The van der Waals surface area contributed by atoms with Gasteiger partial charge in [0.15, 0.2) is 5.78 Å². The molecule has 0 aliphatic rings. The number of aromatic hydroxyl groups is 1. The highest BCUT2D eigenvalue weighted by Crippen LogP contribution is 2.39. The Kier molecular flexibility index (Phi) is 6.11. The number of ketones is 1. The van der Waals surface area contributed by atoms with E-state index in [0.717, 1.165) is 0 Å². The van der Waals surface area contributed by atoms with Crippen molar-refractivity contribution in [2.75, 3.05) is 5.73 Å². The van der Waals surface area contributed by atoms with Crippen molar-refractivity contribution < 1.29 is 14.6 Å². The number of anilines is 1. The van der Waals surface area contributed by atoms with E-state index < -0.39 is 5.41 Å². The first-order valence-corrected chi connectivity index (χ1v) is 8.90. The topological polar surface area (TPSA) is 72.5 Å². The third-order valence-corrected chi connectivity index (χ3v) is 4.34. The molecule has 0 radical (unpaired) electrons. The van der Waals surface area contributed by atoms with Gasteiger partial charge >= 0.3 is 0 Å². The first-order chi connectivity index (χ1) is 12.7. The maximum Gasteiger partial charge on any atom is 0.185 e. The summed E-state index contributed by atoms with van der Waals surface area (Å²) in [7, 11) is 0. The van der Waals surface area contributed by atoms with Gasteiger partial charge in [-0.1, -0.05) is 26.0 Å². The van der Waals surface area contributed by atoms with Gasteiger partial charge in [0.2, 0.25) is 0 Å². The summed E-state index contributed by atoms with van der Waals surface area (Å²) in [5, 5.41) is 10.9. The number of hydrogen-bond acceptors (Lipinski definition) is 4. The normalized spacial score (nSPS) is 11.7. The fourth-order valence-electron chi connectivity index (χ4n) is 2.64. The molecule has 0 aliphatic heterocycles. The first-order valence-electron chi connectivity index (χ1n) is 8.90. The van der Waals surface area contributed by atoms with Gasteiger partial charge in [0.1, 0.15) is 11.5 Å². The second-order valence-corrected chi connectivity index (χ2v) is 7.29. The lowest BCUT2D eigenvalue weighted by atomic mass is 9.83. The second kappa shape index (κ2) is 8.12. The van der Waals surface area contributed by atoms with Crippen LogP contribution in [0.5, 0.6) is 11.5 Å². The SMILES string of the molecule is C=CC(C)(C)c1ccc(OC(C)C)c(/C=C/C(=O)c2ccc(N)cc2)c1O. The summed E-state index contributed by atoms with van der Waals surface area (Å²) in [6, 6.07) is 10.3. The van der Waals surface area contributed by atoms with Gasteiger partial charge in [-0.3, -0.25) is 4.79 Å². The lowest BCUT2D eigenvalue weighted by molar-refractivity contribution is 0.104. The van der Waals surface area contributed by atoms with E-state index in [-0.39, 0.29) is 17.6 Å². The van der Waals surface area contributed by atoms with Crippen LogP contribution in [0.1, 0.15) is 49.2 Å². The van der Waals surface area contributed by atoms with Gasteiger partial charge in [-0.2, -0.15) is 0 Å². The van der Waals surface area contributed by atoms with Gasteiger partial charge in [-0.25, -0.2) is 0 Å². The zero-order valence-corrected chi connectivity index (χ0v) is 16.3. The Bertz CT molecular complexity index is 862. The number of carbonyl (C=O) groups is 1. The lowest BCUT2D eigenvalue weighted by Gasteiger charge is -2.24. The largest absolute Gasteiger partial charge is 0.507 e. The molecule has 2 aromatic carbocycles. The standard InChI is InChI=1S/C23H27NO3/c1-6-23(4,5)19-12-14-21(27-15(2)3)18(22(19)26)11-13-20(25)16-7-9-17(24)10-8-16/h6-15,26H,1,24H2,2-5H3/b13-11+. The highest BCUT2D eigenvalue weighted by atomic mass is 16.5. The molecule has 0 fully saturated rings. The van der Waals surface area contributed by atoms with E-state index in [1.807, 2.05) is 39.8 Å². The van der Waals surface area contributed by atoms with E-state index in [4.69, 9.17) is 10.5 Å². The molecule has 4 nitrogen and oxygen atoms in total. The number of carbonyl (C=O) groups excluding carboxylic acids is 1. The predicted molar refractivity (Wildman–Crippen MR) is 111 cm³/mol. The van der Waals surface area contributed by atoms with E-state index in [2.05, 4.69) is 6.58 Å². The van der Waals surface area contributed by atoms with Crippen molar-refractivity contribution in [2.24, 2.45) is 0 Å². The number of allylic oxidation sites excluding steroid dienone is 2. The summed E-state index contributed by atoms with van der Waals surface area (Å²) in [5.74, 6) is 0.421. The summed E-state index contributed by atoms with van der Waals surface area (Å²) in [6.07, 6.45) is 4.73. The molecule has 0 saturated carbocycles. The Labute approximate surface area is 161 Å². The molecule has 4 heteroatoms. The molecule has 0 aromatic heterocycles. The number of hydrogen-bond donors (Lipinski definition) is 2. The van der Waals surface area contributed by atoms with Gasteiger partial charge < -0.3 is 15.6 Å². The van der Waals surface area contributed by atoms with Crippen LogP contribution < -0.4 is 10.5 Å². The van der Waals surface area contributed by atoms with Crippen LogP contribution in [0.25, 0.3) is 6.08 Å². The summed E-state index contributed by atoms with van der Waals surface area (Å²) >= 11 is 0. The average molecular weight is 365 g/mol. The molecule has 0 bridgehead atoms. The molecule has 2 aromatic rings. The van der Waals surface area contributed by atoms with E-state index in [9.17, 15) is 9.90 Å². The van der Waals surface area contributed by atoms with Crippen molar-refractivity contribution in [2.45, 2.75) is 39.2 Å². The smallest absolute Gasteiger partial charge is 0.185 e. The predicted octanol–water partition coefficient (Wildman–Crippen LogP) is 5.12. The number of phenolic OH excluding ortho intramolecular Hbond substituents is 1. The molecule has 0 amide bonds. The van der Waals surface area contributed by atoms with E-state index in [1.165, 1.54) is 6.08 Å². The van der Waals surface area contributed by atoms with Crippen molar-refractivity contribution in [1.82, 2.24) is 0 Å². The van der Waals surface area contributed by atoms with Gasteiger partial charge in [-0.05, 0) is 56.3 Å². The fraction of sp³-hybridized carbons (Fsp3) is 0.261. The molecule has 0 unspecified atom stereocenters. The first kappa shape index (κ1) is 20.3. The van der Waals surface area contributed by atoms with Crippen LogP contribution in [-0.2, 0) is 5.41 Å². The number of phenols is 1. The minimum Gasteiger partial charge on any atom is -0.507 e. The highest BCUT2D eigenvalue weighted by molar-refractivity contribution is 6.07. The Morgan fingerprint density at radius 2 is 1.81 bits per heavy atom. The van der Waals surface area contributed by atoms with Crippen molar-refractivity contribution in [3.63, 3.8) is 0 Å². The minimum absolute atomic E-state index is 0.0670. The molecule has 0 heterocycles. The minimum atomic E-state index is -0.427. The summed E-state index contributed by atoms with van der Waals surface area (Å²) < 4.78 is 5.82. The van der Waals surface area contributed by atoms with Crippen LogP contribution in [0.15, 0.2) is 55.1 Å². The molecule has 0 spiro atoms. The molecule has 2 rings (SSSR count). The Morgan fingerprint density at radius 1 is 1.19 bits per heavy atom. The van der Waals surface area contributed by atoms with Crippen LogP contribution in [0.2, 0.25) is 0 Å². The van der Waals surface area contributed by atoms with Crippen LogP contribution >= 0.6 is 0 Å². The van der Waals surface area contributed by atoms with Crippen LogP contribution in [0.4, 0.5) is 5.69 Å². The summed E-state index contributed by atoms with van der Waals surface area (Å²) in [6.45, 7) is 11.6. The van der Waals surface area contributed by atoms with E-state index in [0.29, 0.717) is 28.1 Å². The lowest BCUT2D eigenvalue weighted by Crippen LogP contribution is -2.14. The number of nitrogen functional groups attached to an aromatic ring is 1. The third-order valence-electron chi connectivity index (χ3n) is 4.34. The maximum atomic E-state index is 12.4. The zero-order chi connectivity index (χ0) is 20.2. The molecule has 3 N–H and O–H groups in total. The number of rotatable bonds is 7. The average Bonchev–Trinajstić information content (AvgIpc) is 2.61. The quantitative estimate of drug-likeness (QED) is 0.309. The maximum absolute atomic E-state index is 12.4. The molecule has 27 heavy (non-hydrogen) atoms. The fourth-order valence-corrected chi connectivity index (χ4v) is 2.64. The number of nitrogens with two attached hydrogens (primary N) is 1. The zero-order valence-electron chi connectivity index (χ0n) is 16.3. The number of ether oxygens (including phenoxy) is 1. The van der Waals surface area contributed by atoms with Crippen LogP contribution in [-0.4, -0.2) is 17.0 Å². The van der Waals surface area contributed by atoms with E-state index >= 15 is 0 Å². The van der Waals surface area contributed by atoms with Crippen LogP contribution in [0.3, 0.4) is 0 Å². The van der Waals surface area contributed by atoms with Crippen LogP contribution in [0, 0.1) is 0 Å². The van der Waals surface area contributed by atoms with Crippen molar-refractivity contribution in [3.8, 4) is 11.5 Å². The van der Waals surface area contributed by atoms with Crippen molar-refractivity contribution in [3.05, 3.63) is 71.8 Å². The highest BCUT2D eigenvalue weighted by Gasteiger charge is 2.23. The van der Waals surface area contributed by atoms with Gasteiger partial charge in [0, 0.05) is 22.2 Å². The molecule has 142 valence electrons. The van der Waals surface area contributed by atoms with Gasteiger partial charge in [-0.15, -0.1) is 6.58 Å². The van der Waals surface area contributed by atoms with Crippen molar-refractivity contribution in [1.29, 1.82) is 0 Å². The molecule has 0 saturated heterocycles. The Balaban J connectivity index is 2.48. The van der Waals surface area contributed by atoms with Gasteiger partial charge in [0.25, 0.3) is 0 Å². The Hall–Kier alpha value is -3.01. The number of benzene rings is 2. The molecular formula is C23H27NO3. The molecule has 0 atom stereocenters.